The Labute approximate surface area is 237 Å². The largest absolute Gasteiger partial charge is 0.481 e. The molecule has 0 aliphatic rings. The molecule has 1 heterocycles. The molecule has 206 valence electrons. The third-order valence-electron chi connectivity index (χ3n) is 6.01. The van der Waals surface area contributed by atoms with Crippen LogP contribution in [0.15, 0.2) is 85.2 Å². The molecule has 0 saturated carbocycles. The van der Waals surface area contributed by atoms with E-state index >= 15 is 0 Å². The number of carboxylic acid groups (broad SMARTS) is 1. The maximum absolute atomic E-state index is 13.0. The number of carboxylic acids is 1. The molecule has 4 rings (SSSR count). The second-order valence-corrected chi connectivity index (χ2v) is 9.50. The Hall–Kier alpha value is -4.70. The molecule has 0 radical (unpaired) electrons. The van der Waals surface area contributed by atoms with Gasteiger partial charge in [-0.1, -0.05) is 41.9 Å². The molecule has 0 bridgehead atoms. The number of tetrazole rings is 1. The number of amides is 1. The van der Waals surface area contributed by atoms with Crippen LogP contribution < -0.4 is 16.0 Å². The third-order valence-corrected chi connectivity index (χ3v) is 6.24. The Kier molecular flexibility index (Phi) is 10.2. The van der Waals surface area contributed by atoms with Crippen molar-refractivity contribution in [2.75, 3.05) is 23.7 Å². The standard InChI is InChI=1S/C29H30ClN7O3/c30-23-9-14-27(37-20-33-35-36-37)22(18-23)8-15-28(38)34-26(17-21-5-2-1-3-6-21)19-32-25-12-10-24(11-13-25)31-16-4-7-29(39)40/h1-3,5-6,8-15,18,20,26,31-32H,4,7,16-17,19H2,(H,34,38)(H,39,40). The van der Waals surface area contributed by atoms with Crippen molar-refractivity contribution in [2.45, 2.75) is 25.3 Å². The second-order valence-electron chi connectivity index (χ2n) is 9.07. The van der Waals surface area contributed by atoms with Gasteiger partial charge in [-0.3, -0.25) is 9.59 Å². The smallest absolute Gasteiger partial charge is 0.303 e. The van der Waals surface area contributed by atoms with Gasteiger partial charge >= 0.3 is 5.97 Å². The molecule has 0 aliphatic carbocycles. The van der Waals surface area contributed by atoms with E-state index in [0.29, 0.717) is 42.2 Å². The van der Waals surface area contributed by atoms with Crippen LogP contribution in [0.4, 0.5) is 11.4 Å². The van der Waals surface area contributed by atoms with Crippen molar-refractivity contribution in [2.24, 2.45) is 0 Å². The molecule has 1 unspecified atom stereocenters. The molecule has 0 saturated heterocycles. The Morgan fingerprint density at radius 2 is 1.75 bits per heavy atom. The average Bonchev–Trinajstić information content (AvgIpc) is 3.49. The number of nitrogens with one attached hydrogen (secondary N) is 3. The van der Waals surface area contributed by atoms with Crippen molar-refractivity contribution in [3.05, 3.63) is 101 Å². The van der Waals surface area contributed by atoms with Gasteiger partial charge in [-0.05, 0) is 77.4 Å². The molecular weight excluding hydrogens is 530 g/mol. The lowest BCUT2D eigenvalue weighted by Crippen LogP contribution is -2.40. The summed E-state index contributed by atoms with van der Waals surface area (Å²) < 4.78 is 1.51. The number of hydrogen-bond donors (Lipinski definition) is 4. The number of rotatable bonds is 14. The summed E-state index contributed by atoms with van der Waals surface area (Å²) in [4.78, 5) is 23.6. The van der Waals surface area contributed by atoms with E-state index in [1.807, 2.05) is 54.6 Å². The van der Waals surface area contributed by atoms with Crippen molar-refractivity contribution >= 4 is 40.9 Å². The highest BCUT2D eigenvalue weighted by molar-refractivity contribution is 6.30. The fourth-order valence-corrected chi connectivity index (χ4v) is 4.23. The normalized spacial score (nSPS) is 11.7. The van der Waals surface area contributed by atoms with Gasteiger partial charge in [0.2, 0.25) is 5.91 Å². The van der Waals surface area contributed by atoms with E-state index in [-0.39, 0.29) is 18.4 Å². The summed E-state index contributed by atoms with van der Waals surface area (Å²) in [6.45, 7) is 1.09. The van der Waals surface area contributed by atoms with Crippen LogP contribution in [0.5, 0.6) is 0 Å². The fourth-order valence-electron chi connectivity index (χ4n) is 4.05. The van der Waals surface area contributed by atoms with E-state index in [4.69, 9.17) is 16.7 Å². The van der Waals surface area contributed by atoms with E-state index < -0.39 is 5.97 Å². The Morgan fingerprint density at radius 1 is 1.00 bits per heavy atom. The van der Waals surface area contributed by atoms with Crippen LogP contribution in [-0.2, 0) is 16.0 Å². The van der Waals surface area contributed by atoms with Crippen LogP contribution in [0.3, 0.4) is 0 Å². The van der Waals surface area contributed by atoms with Crippen molar-refractivity contribution in [1.29, 1.82) is 0 Å². The van der Waals surface area contributed by atoms with Crippen LogP contribution in [0.1, 0.15) is 24.0 Å². The molecule has 1 aromatic heterocycles. The molecule has 11 heteroatoms. The fraction of sp³-hybridized carbons (Fsp3) is 0.207. The summed E-state index contributed by atoms with van der Waals surface area (Å²) >= 11 is 6.19. The quantitative estimate of drug-likeness (QED) is 0.131. The zero-order chi connectivity index (χ0) is 28.2. The highest BCUT2D eigenvalue weighted by Crippen LogP contribution is 2.20. The molecule has 1 amide bonds. The predicted molar refractivity (Wildman–Crippen MR) is 156 cm³/mol. The number of carbonyl (C=O) groups excluding carboxylic acids is 1. The molecular formula is C29H30ClN7O3. The summed E-state index contributed by atoms with van der Waals surface area (Å²) in [7, 11) is 0. The summed E-state index contributed by atoms with van der Waals surface area (Å²) in [5.74, 6) is -1.04. The minimum atomic E-state index is -0.799. The van der Waals surface area contributed by atoms with Crippen molar-refractivity contribution in [3.8, 4) is 5.69 Å². The van der Waals surface area contributed by atoms with Crippen molar-refractivity contribution < 1.29 is 14.7 Å². The first kappa shape index (κ1) is 28.3. The van der Waals surface area contributed by atoms with Crippen LogP contribution in [0.25, 0.3) is 11.8 Å². The van der Waals surface area contributed by atoms with Crippen LogP contribution in [-0.4, -0.2) is 56.3 Å². The number of benzene rings is 3. The predicted octanol–water partition coefficient (Wildman–Crippen LogP) is 4.45. The highest BCUT2D eigenvalue weighted by atomic mass is 35.5. The van der Waals surface area contributed by atoms with E-state index in [1.165, 1.54) is 17.1 Å². The maximum Gasteiger partial charge on any atom is 0.303 e. The van der Waals surface area contributed by atoms with Gasteiger partial charge < -0.3 is 21.1 Å². The molecule has 40 heavy (non-hydrogen) atoms. The summed E-state index contributed by atoms with van der Waals surface area (Å²) in [5, 5.41) is 30.3. The van der Waals surface area contributed by atoms with Crippen LogP contribution in [0.2, 0.25) is 5.02 Å². The molecule has 0 fully saturated rings. The zero-order valence-corrected chi connectivity index (χ0v) is 22.5. The first-order valence-corrected chi connectivity index (χ1v) is 13.2. The number of nitrogens with zero attached hydrogens (tertiary/aromatic N) is 4. The first-order valence-electron chi connectivity index (χ1n) is 12.8. The SMILES string of the molecule is O=C(O)CCCNc1ccc(NCC(Cc2ccccc2)NC(=O)C=Cc2cc(Cl)ccc2-n2cnnn2)cc1. The summed E-state index contributed by atoms with van der Waals surface area (Å²) in [5.41, 5.74) is 4.32. The number of hydrogen-bond acceptors (Lipinski definition) is 7. The number of aromatic nitrogens is 4. The first-order chi connectivity index (χ1) is 19.5. The van der Waals surface area contributed by atoms with Gasteiger partial charge in [-0.15, -0.1) is 5.10 Å². The number of halogens is 1. The van der Waals surface area contributed by atoms with E-state index in [2.05, 4.69) is 31.5 Å². The molecule has 3 aromatic carbocycles. The Morgan fingerprint density at radius 3 is 2.45 bits per heavy atom. The average molecular weight is 560 g/mol. The lowest BCUT2D eigenvalue weighted by Gasteiger charge is -2.20. The highest BCUT2D eigenvalue weighted by Gasteiger charge is 2.13. The number of carbonyl (C=O) groups is 2. The van der Waals surface area contributed by atoms with Gasteiger partial charge in [-0.2, -0.15) is 4.68 Å². The Balaban J connectivity index is 1.39. The number of anilines is 2. The molecule has 0 aliphatic heterocycles. The Bertz CT molecular complexity index is 1410. The molecule has 4 N–H and O–H groups in total. The van der Waals surface area contributed by atoms with E-state index in [1.54, 1.807) is 24.3 Å². The van der Waals surface area contributed by atoms with Gasteiger partial charge in [-0.25, -0.2) is 0 Å². The van der Waals surface area contributed by atoms with Gasteiger partial charge in [0.05, 0.1) is 11.7 Å². The summed E-state index contributed by atoms with van der Waals surface area (Å²) in [6, 6.07) is 22.8. The molecule has 10 nitrogen and oxygen atoms in total. The lowest BCUT2D eigenvalue weighted by molar-refractivity contribution is -0.137. The third kappa shape index (κ3) is 8.95. The van der Waals surface area contributed by atoms with Crippen LogP contribution in [0, 0.1) is 0 Å². The topological polar surface area (TPSA) is 134 Å². The van der Waals surface area contributed by atoms with Gasteiger partial charge in [0, 0.05) is 47.5 Å². The van der Waals surface area contributed by atoms with E-state index in [0.717, 1.165) is 16.9 Å². The van der Waals surface area contributed by atoms with Crippen molar-refractivity contribution in [1.82, 2.24) is 25.5 Å². The lowest BCUT2D eigenvalue weighted by atomic mass is 10.1. The summed E-state index contributed by atoms with van der Waals surface area (Å²) in [6.07, 6.45) is 5.97. The van der Waals surface area contributed by atoms with Crippen molar-refractivity contribution in [3.63, 3.8) is 0 Å². The zero-order valence-electron chi connectivity index (χ0n) is 21.7. The monoisotopic (exact) mass is 559 g/mol. The van der Waals surface area contributed by atoms with Gasteiger partial charge in [0.15, 0.2) is 0 Å². The minimum absolute atomic E-state index is 0.135. The molecule has 1 atom stereocenters. The number of aliphatic carboxylic acids is 1. The van der Waals surface area contributed by atoms with E-state index in [9.17, 15) is 9.59 Å². The molecule has 4 aromatic rings. The second kappa shape index (κ2) is 14.5. The minimum Gasteiger partial charge on any atom is -0.481 e. The van der Waals surface area contributed by atoms with Gasteiger partial charge in [0.1, 0.15) is 6.33 Å². The van der Waals surface area contributed by atoms with Crippen LogP contribution >= 0.6 is 11.6 Å². The maximum atomic E-state index is 13.0. The molecule has 0 spiro atoms. The van der Waals surface area contributed by atoms with Gasteiger partial charge in [0.25, 0.3) is 0 Å².